The molecule has 126 valence electrons. The van der Waals surface area contributed by atoms with Crippen LogP contribution in [-0.2, 0) is 0 Å². The number of carbonyl (C=O) groups excluding carboxylic acids is 1. The summed E-state index contributed by atoms with van der Waals surface area (Å²) in [6.45, 7) is 0. The van der Waals surface area contributed by atoms with Crippen molar-refractivity contribution >= 4 is 23.5 Å². The summed E-state index contributed by atoms with van der Waals surface area (Å²) >= 11 is 1.59. The number of hydrazone groups is 1. The minimum Gasteiger partial charge on any atom is -0.497 e. The molecule has 2 aromatic rings. The van der Waals surface area contributed by atoms with Gasteiger partial charge in [-0.15, -0.1) is 11.8 Å². The summed E-state index contributed by atoms with van der Waals surface area (Å²) in [5.41, 5.74) is 8.98. The van der Waals surface area contributed by atoms with Crippen molar-refractivity contribution in [1.29, 1.82) is 0 Å². The lowest BCUT2D eigenvalue weighted by Crippen LogP contribution is -2.26. The van der Waals surface area contributed by atoms with Gasteiger partial charge in [0.15, 0.2) is 0 Å². The van der Waals surface area contributed by atoms with Crippen LogP contribution < -0.4 is 20.6 Å². The molecule has 0 aliphatic heterocycles. The second kappa shape index (κ2) is 8.83. The second-order valence-electron chi connectivity index (χ2n) is 4.73. The molecule has 6 nitrogen and oxygen atoms in total. The summed E-state index contributed by atoms with van der Waals surface area (Å²) < 4.78 is 10.3. The monoisotopic (exact) mass is 345 g/mol. The number of hydrogen-bond acceptors (Lipinski definition) is 5. The predicted molar refractivity (Wildman–Crippen MR) is 96.0 cm³/mol. The summed E-state index contributed by atoms with van der Waals surface area (Å²) in [6, 6.07) is 14.5. The summed E-state index contributed by atoms with van der Waals surface area (Å²) in [5, 5.41) is 4.10. The molecule has 0 fully saturated rings. The number of rotatable bonds is 7. The molecule has 0 spiro atoms. The Balaban J connectivity index is 2.12. The van der Waals surface area contributed by atoms with Gasteiger partial charge in [0.25, 0.3) is 0 Å². The lowest BCUT2D eigenvalue weighted by Gasteiger charge is -2.08. The van der Waals surface area contributed by atoms with E-state index in [2.05, 4.69) is 10.5 Å². The molecule has 7 heteroatoms. The molecule has 24 heavy (non-hydrogen) atoms. The summed E-state index contributed by atoms with van der Waals surface area (Å²) in [7, 11) is 3.24. The molecule has 0 radical (unpaired) electrons. The Morgan fingerprint density at radius 1 is 1.04 bits per heavy atom. The highest BCUT2D eigenvalue weighted by molar-refractivity contribution is 8.00. The van der Waals surface area contributed by atoms with Crippen LogP contribution in [0.1, 0.15) is 5.56 Å². The van der Waals surface area contributed by atoms with Crippen molar-refractivity contribution < 1.29 is 14.3 Å². The Bertz CT molecular complexity index is 700. The van der Waals surface area contributed by atoms with Gasteiger partial charge in [-0.1, -0.05) is 0 Å². The summed E-state index contributed by atoms with van der Waals surface area (Å²) in [5.74, 6) is 2.13. The summed E-state index contributed by atoms with van der Waals surface area (Å²) in [4.78, 5) is 12.0. The van der Waals surface area contributed by atoms with Crippen LogP contribution >= 0.6 is 11.8 Å². The Hall–Kier alpha value is -2.67. The van der Waals surface area contributed by atoms with Crippen LogP contribution in [0.15, 0.2) is 58.5 Å². The number of primary amides is 1. The number of nitrogens with two attached hydrogens (primary N) is 1. The maximum Gasteiger partial charge on any atom is 0.332 e. The molecule has 2 aromatic carbocycles. The third kappa shape index (κ3) is 5.20. The highest BCUT2D eigenvalue weighted by Crippen LogP contribution is 2.23. The van der Waals surface area contributed by atoms with Gasteiger partial charge < -0.3 is 15.2 Å². The van der Waals surface area contributed by atoms with Crippen molar-refractivity contribution in [2.75, 3.05) is 20.0 Å². The van der Waals surface area contributed by atoms with E-state index in [0.717, 1.165) is 22.0 Å². The Morgan fingerprint density at radius 3 is 2.08 bits per heavy atom. The molecule has 0 atom stereocenters. The highest BCUT2D eigenvalue weighted by atomic mass is 32.2. The van der Waals surface area contributed by atoms with Crippen LogP contribution in [0.25, 0.3) is 0 Å². The van der Waals surface area contributed by atoms with E-state index in [1.54, 1.807) is 26.0 Å². The van der Waals surface area contributed by atoms with Crippen molar-refractivity contribution in [3.63, 3.8) is 0 Å². The third-order valence-corrected chi connectivity index (χ3v) is 4.18. The van der Waals surface area contributed by atoms with Crippen LogP contribution in [0.2, 0.25) is 0 Å². The van der Waals surface area contributed by atoms with Gasteiger partial charge in [-0.25, -0.2) is 10.2 Å². The fourth-order valence-corrected chi connectivity index (χ4v) is 2.77. The zero-order valence-electron chi connectivity index (χ0n) is 13.5. The Kier molecular flexibility index (Phi) is 6.51. The molecule has 0 unspecified atom stereocenters. The van der Waals surface area contributed by atoms with E-state index in [1.807, 2.05) is 48.5 Å². The number of nitrogens with one attached hydrogen (secondary N) is 1. The number of carbonyl (C=O) groups is 1. The molecule has 0 saturated carbocycles. The first-order chi connectivity index (χ1) is 11.6. The fraction of sp³-hybridized carbons (Fsp3) is 0.176. The molecule has 0 aromatic heterocycles. The standard InChI is InChI=1S/C17H19N3O3S/c1-22-13-5-3-12(4-6-13)16(19-20-17(18)21)11-24-15-9-7-14(23-2)8-10-15/h3-10H,11H2,1-2H3,(H3,18,20,21)/b19-16-. The highest BCUT2D eigenvalue weighted by Gasteiger charge is 2.07. The average Bonchev–Trinajstić information content (AvgIpc) is 2.62. The SMILES string of the molecule is COc1ccc(SC/C(=N/NC(N)=O)c2ccc(OC)cc2)cc1. The lowest BCUT2D eigenvalue weighted by molar-refractivity contribution is 0.249. The predicted octanol–water partition coefficient (Wildman–Crippen LogP) is 2.87. The van der Waals surface area contributed by atoms with Crippen molar-refractivity contribution in [2.45, 2.75) is 4.90 Å². The van der Waals surface area contributed by atoms with E-state index in [-0.39, 0.29) is 0 Å². The molecule has 3 N–H and O–H groups in total. The smallest absolute Gasteiger partial charge is 0.332 e. The molecule has 2 amide bonds. The normalized spacial score (nSPS) is 11.0. The first-order valence-electron chi connectivity index (χ1n) is 7.15. The number of nitrogens with zero attached hydrogens (tertiary/aromatic N) is 1. The van der Waals surface area contributed by atoms with Gasteiger partial charge in [-0.05, 0) is 54.1 Å². The van der Waals surface area contributed by atoms with Crippen LogP contribution in [0.3, 0.4) is 0 Å². The number of amides is 2. The molecule has 0 aliphatic carbocycles. The van der Waals surface area contributed by atoms with E-state index in [9.17, 15) is 4.79 Å². The van der Waals surface area contributed by atoms with Crippen molar-refractivity contribution in [2.24, 2.45) is 10.8 Å². The van der Waals surface area contributed by atoms with Gasteiger partial charge >= 0.3 is 6.03 Å². The van der Waals surface area contributed by atoms with E-state index < -0.39 is 6.03 Å². The molecule has 0 heterocycles. The molecule has 0 aliphatic rings. The van der Waals surface area contributed by atoms with Crippen LogP contribution in [0.4, 0.5) is 4.79 Å². The molecule has 2 rings (SSSR count). The van der Waals surface area contributed by atoms with Crippen molar-refractivity contribution in [3.05, 3.63) is 54.1 Å². The topological polar surface area (TPSA) is 85.9 Å². The number of benzene rings is 2. The maximum atomic E-state index is 10.9. The van der Waals surface area contributed by atoms with Crippen molar-refractivity contribution in [1.82, 2.24) is 5.43 Å². The van der Waals surface area contributed by atoms with Crippen LogP contribution in [0, 0.1) is 0 Å². The van der Waals surface area contributed by atoms with E-state index in [0.29, 0.717) is 11.5 Å². The molecular weight excluding hydrogens is 326 g/mol. The first-order valence-corrected chi connectivity index (χ1v) is 8.14. The zero-order valence-corrected chi connectivity index (χ0v) is 14.3. The zero-order chi connectivity index (χ0) is 17.4. The summed E-state index contributed by atoms with van der Waals surface area (Å²) in [6.07, 6.45) is 0. The second-order valence-corrected chi connectivity index (χ2v) is 5.78. The van der Waals surface area contributed by atoms with Gasteiger partial charge in [-0.3, -0.25) is 0 Å². The Morgan fingerprint density at radius 2 is 1.58 bits per heavy atom. The molecule has 0 bridgehead atoms. The largest absolute Gasteiger partial charge is 0.497 e. The minimum absolute atomic E-state index is 0.568. The maximum absolute atomic E-state index is 10.9. The van der Waals surface area contributed by atoms with Gasteiger partial charge in [0.05, 0.1) is 19.9 Å². The quantitative estimate of drug-likeness (QED) is 0.459. The number of methoxy groups -OCH3 is 2. The van der Waals surface area contributed by atoms with E-state index >= 15 is 0 Å². The van der Waals surface area contributed by atoms with Gasteiger partial charge in [0.1, 0.15) is 11.5 Å². The van der Waals surface area contributed by atoms with Gasteiger partial charge in [-0.2, -0.15) is 5.10 Å². The van der Waals surface area contributed by atoms with E-state index in [4.69, 9.17) is 15.2 Å². The van der Waals surface area contributed by atoms with Crippen LogP contribution in [0.5, 0.6) is 11.5 Å². The lowest BCUT2D eigenvalue weighted by atomic mass is 10.1. The first kappa shape index (κ1) is 17.7. The number of thioether (sulfide) groups is 1. The van der Waals surface area contributed by atoms with Gasteiger partial charge in [0.2, 0.25) is 0 Å². The van der Waals surface area contributed by atoms with Crippen LogP contribution in [-0.4, -0.2) is 31.7 Å². The molecular formula is C17H19N3O3S. The average molecular weight is 345 g/mol. The Labute approximate surface area is 145 Å². The number of ether oxygens (including phenoxy) is 2. The number of hydrogen-bond donors (Lipinski definition) is 2. The minimum atomic E-state index is -0.699. The fourth-order valence-electron chi connectivity index (χ4n) is 1.91. The number of urea groups is 1. The molecule has 0 saturated heterocycles. The van der Waals surface area contributed by atoms with Gasteiger partial charge in [0, 0.05) is 10.6 Å². The van der Waals surface area contributed by atoms with Crippen molar-refractivity contribution in [3.8, 4) is 11.5 Å². The third-order valence-electron chi connectivity index (χ3n) is 3.16. The van der Waals surface area contributed by atoms with E-state index in [1.165, 1.54) is 0 Å².